The van der Waals surface area contributed by atoms with E-state index in [9.17, 15) is 8.42 Å². The fraction of sp³-hybridized carbons (Fsp3) is 0.304. The zero-order valence-corrected chi connectivity index (χ0v) is 18.1. The highest BCUT2D eigenvalue weighted by Gasteiger charge is 2.27. The Morgan fingerprint density at radius 2 is 1.60 bits per heavy atom. The standard InChI is InChI=1S/C23H26N4O2S/c1-18-8-9-21(19(2)16-18)22-10-11-23(25-24-22)26-12-14-27(15-13-26)30(28,29)17-20-6-4-3-5-7-20/h3-11,16H,12-15,17H2,1-2H3. The van der Waals surface area contributed by atoms with Gasteiger partial charge in [0.05, 0.1) is 11.4 Å². The molecule has 0 amide bonds. The first-order chi connectivity index (χ1) is 14.4. The molecule has 1 aromatic heterocycles. The second-order valence-corrected chi connectivity index (χ2v) is 9.69. The van der Waals surface area contributed by atoms with Gasteiger partial charge in [0.15, 0.2) is 5.82 Å². The first-order valence-corrected chi connectivity index (χ1v) is 11.7. The van der Waals surface area contributed by atoms with E-state index >= 15 is 0 Å². The second-order valence-electron chi connectivity index (χ2n) is 7.72. The van der Waals surface area contributed by atoms with Crippen LogP contribution in [-0.4, -0.2) is 49.1 Å². The quantitative estimate of drug-likeness (QED) is 0.630. The highest BCUT2D eigenvalue weighted by atomic mass is 32.2. The molecule has 1 saturated heterocycles. The van der Waals surface area contributed by atoms with Crippen LogP contribution in [0.5, 0.6) is 0 Å². The molecular weight excluding hydrogens is 396 g/mol. The van der Waals surface area contributed by atoms with Gasteiger partial charge in [-0.15, -0.1) is 10.2 Å². The highest BCUT2D eigenvalue weighted by Crippen LogP contribution is 2.24. The molecule has 0 aliphatic carbocycles. The average molecular weight is 423 g/mol. The summed E-state index contributed by atoms with van der Waals surface area (Å²) in [5.41, 5.74) is 5.14. The molecular formula is C23H26N4O2S. The topological polar surface area (TPSA) is 66.4 Å². The van der Waals surface area contributed by atoms with E-state index in [0.717, 1.165) is 22.6 Å². The van der Waals surface area contributed by atoms with Gasteiger partial charge in [-0.1, -0.05) is 54.1 Å². The minimum absolute atomic E-state index is 0.0399. The van der Waals surface area contributed by atoms with Gasteiger partial charge in [0.25, 0.3) is 0 Å². The summed E-state index contributed by atoms with van der Waals surface area (Å²) in [6.45, 7) is 6.26. The van der Waals surface area contributed by atoms with Crippen molar-refractivity contribution in [2.75, 3.05) is 31.1 Å². The van der Waals surface area contributed by atoms with Crippen molar-refractivity contribution in [3.05, 3.63) is 77.4 Å². The van der Waals surface area contributed by atoms with Crippen molar-refractivity contribution >= 4 is 15.8 Å². The van der Waals surface area contributed by atoms with Crippen LogP contribution in [0.2, 0.25) is 0 Å². The van der Waals surface area contributed by atoms with Crippen molar-refractivity contribution in [1.82, 2.24) is 14.5 Å². The Morgan fingerprint density at radius 1 is 0.867 bits per heavy atom. The Hall–Kier alpha value is -2.77. The zero-order chi connectivity index (χ0) is 21.1. The lowest BCUT2D eigenvalue weighted by Gasteiger charge is -2.34. The lowest BCUT2D eigenvalue weighted by Crippen LogP contribution is -2.49. The number of rotatable bonds is 5. The molecule has 1 aliphatic rings. The number of benzene rings is 2. The van der Waals surface area contributed by atoms with Crippen LogP contribution in [0, 0.1) is 13.8 Å². The van der Waals surface area contributed by atoms with E-state index in [2.05, 4.69) is 47.1 Å². The SMILES string of the molecule is Cc1ccc(-c2ccc(N3CCN(S(=O)(=O)Cc4ccccc4)CC3)nn2)c(C)c1. The Bertz CT molecular complexity index is 1110. The molecule has 0 unspecified atom stereocenters. The Labute approximate surface area is 178 Å². The summed E-state index contributed by atoms with van der Waals surface area (Å²) in [4.78, 5) is 2.09. The lowest BCUT2D eigenvalue weighted by atomic mass is 10.0. The summed E-state index contributed by atoms with van der Waals surface area (Å²) in [7, 11) is -3.32. The summed E-state index contributed by atoms with van der Waals surface area (Å²) >= 11 is 0. The maximum atomic E-state index is 12.7. The van der Waals surface area contributed by atoms with Gasteiger partial charge in [0, 0.05) is 31.7 Å². The van der Waals surface area contributed by atoms with Crippen LogP contribution in [0.4, 0.5) is 5.82 Å². The summed E-state index contributed by atoms with van der Waals surface area (Å²) in [5, 5.41) is 8.82. The molecule has 0 spiro atoms. The van der Waals surface area contributed by atoms with Crippen LogP contribution < -0.4 is 4.90 Å². The molecule has 2 aromatic carbocycles. The molecule has 0 radical (unpaired) electrons. The van der Waals surface area contributed by atoms with Crippen LogP contribution in [0.3, 0.4) is 0 Å². The number of aryl methyl sites for hydroxylation is 2. The fourth-order valence-electron chi connectivity index (χ4n) is 3.81. The number of piperazine rings is 1. The summed E-state index contributed by atoms with van der Waals surface area (Å²) in [6.07, 6.45) is 0. The Morgan fingerprint density at radius 3 is 2.23 bits per heavy atom. The molecule has 30 heavy (non-hydrogen) atoms. The average Bonchev–Trinajstić information content (AvgIpc) is 2.74. The number of hydrogen-bond donors (Lipinski definition) is 0. The van der Waals surface area contributed by atoms with Crippen LogP contribution >= 0.6 is 0 Å². The molecule has 6 nitrogen and oxygen atoms in total. The minimum atomic E-state index is -3.32. The molecule has 1 aliphatic heterocycles. The summed E-state index contributed by atoms with van der Waals surface area (Å²) < 4.78 is 27.0. The van der Waals surface area contributed by atoms with Gasteiger partial charge in [0.2, 0.25) is 10.0 Å². The van der Waals surface area contributed by atoms with Gasteiger partial charge >= 0.3 is 0 Å². The highest BCUT2D eigenvalue weighted by molar-refractivity contribution is 7.88. The van der Waals surface area contributed by atoms with Crippen molar-refractivity contribution in [2.24, 2.45) is 0 Å². The number of anilines is 1. The van der Waals surface area contributed by atoms with Gasteiger partial charge in [0.1, 0.15) is 0 Å². The van der Waals surface area contributed by atoms with E-state index in [-0.39, 0.29) is 5.75 Å². The molecule has 156 valence electrons. The van der Waals surface area contributed by atoms with E-state index in [0.29, 0.717) is 26.2 Å². The maximum Gasteiger partial charge on any atom is 0.218 e. The molecule has 0 bridgehead atoms. The molecule has 4 rings (SSSR count). The van der Waals surface area contributed by atoms with Crippen molar-refractivity contribution < 1.29 is 8.42 Å². The minimum Gasteiger partial charge on any atom is -0.352 e. The van der Waals surface area contributed by atoms with Gasteiger partial charge < -0.3 is 4.90 Å². The Balaban J connectivity index is 1.40. The van der Waals surface area contributed by atoms with Crippen molar-refractivity contribution in [2.45, 2.75) is 19.6 Å². The molecule has 0 N–H and O–H groups in total. The third-order valence-electron chi connectivity index (χ3n) is 5.46. The van der Waals surface area contributed by atoms with Crippen LogP contribution in [0.1, 0.15) is 16.7 Å². The normalized spacial score (nSPS) is 15.3. The third-order valence-corrected chi connectivity index (χ3v) is 7.31. The van der Waals surface area contributed by atoms with Crippen molar-refractivity contribution in [3.63, 3.8) is 0 Å². The second kappa shape index (κ2) is 8.53. The monoisotopic (exact) mass is 422 g/mol. The molecule has 2 heterocycles. The lowest BCUT2D eigenvalue weighted by molar-refractivity contribution is 0.383. The molecule has 1 fully saturated rings. The predicted molar refractivity (Wildman–Crippen MR) is 120 cm³/mol. The Kier molecular flexibility index (Phi) is 5.83. The summed E-state index contributed by atoms with van der Waals surface area (Å²) in [5.74, 6) is 0.821. The zero-order valence-electron chi connectivity index (χ0n) is 17.3. The van der Waals surface area contributed by atoms with E-state index in [4.69, 9.17) is 0 Å². The van der Waals surface area contributed by atoms with Crippen LogP contribution in [-0.2, 0) is 15.8 Å². The molecule has 0 atom stereocenters. The first kappa shape index (κ1) is 20.5. The molecule has 3 aromatic rings. The van der Waals surface area contributed by atoms with E-state index in [1.165, 1.54) is 11.1 Å². The number of aromatic nitrogens is 2. The van der Waals surface area contributed by atoms with Crippen LogP contribution in [0.15, 0.2) is 60.7 Å². The van der Waals surface area contributed by atoms with E-state index in [1.807, 2.05) is 42.5 Å². The fourth-order valence-corrected chi connectivity index (χ4v) is 5.33. The smallest absolute Gasteiger partial charge is 0.218 e. The van der Waals surface area contributed by atoms with Crippen molar-refractivity contribution in [3.8, 4) is 11.3 Å². The van der Waals surface area contributed by atoms with Gasteiger partial charge in [-0.05, 0) is 37.1 Å². The molecule has 7 heteroatoms. The number of nitrogens with zero attached hydrogens (tertiary/aromatic N) is 4. The van der Waals surface area contributed by atoms with Gasteiger partial charge in [-0.3, -0.25) is 0 Å². The first-order valence-electron chi connectivity index (χ1n) is 10.1. The summed E-state index contributed by atoms with van der Waals surface area (Å²) in [6, 6.07) is 19.6. The van der Waals surface area contributed by atoms with Gasteiger partial charge in [-0.2, -0.15) is 4.31 Å². The molecule has 0 saturated carbocycles. The predicted octanol–water partition coefficient (Wildman–Crippen LogP) is 3.41. The number of sulfonamides is 1. The van der Waals surface area contributed by atoms with Crippen LogP contribution in [0.25, 0.3) is 11.3 Å². The number of hydrogen-bond acceptors (Lipinski definition) is 5. The maximum absolute atomic E-state index is 12.7. The largest absolute Gasteiger partial charge is 0.352 e. The van der Waals surface area contributed by atoms with Crippen molar-refractivity contribution in [1.29, 1.82) is 0 Å². The van der Waals surface area contributed by atoms with E-state index < -0.39 is 10.0 Å². The van der Waals surface area contributed by atoms with E-state index in [1.54, 1.807) is 4.31 Å². The van der Waals surface area contributed by atoms with Gasteiger partial charge in [-0.25, -0.2) is 8.42 Å². The third kappa shape index (κ3) is 4.52.